The molecule has 2 rings (SSSR count). The van der Waals surface area contributed by atoms with Gasteiger partial charge in [0.1, 0.15) is 0 Å². The minimum Gasteiger partial charge on any atom is -0.372 e. The molecule has 14 heavy (non-hydrogen) atoms. The summed E-state index contributed by atoms with van der Waals surface area (Å²) in [7, 11) is 2.25. The number of rotatable bonds is 2. The van der Waals surface area contributed by atoms with Crippen molar-refractivity contribution in [1.29, 1.82) is 0 Å². The third-order valence-corrected chi connectivity index (χ3v) is 4.28. The van der Waals surface area contributed by atoms with Gasteiger partial charge in [0.25, 0.3) is 0 Å². The summed E-state index contributed by atoms with van der Waals surface area (Å²) in [6.45, 7) is 7.11. The molecule has 0 radical (unpaired) electrons. The fraction of sp³-hybridized carbons (Fsp3) is 0.692. The molecule has 0 heterocycles. The second kappa shape index (κ2) is 2.88. The summed E-state index contributed by atoms with van der Waals surface area (Å²) in [5, 5.41) is 0. The van der Waals surface area contributed by atoms with Crippen LogP contribution in [0.2, 0.25) is 0 Å². The highest BCUT2D eigenvalue weighted by Crippen LogP contribution is 2.59. The van der Waals surface area contributed by atoms with Crippen LogP contribution in [0.4, 0.5) is 0 Å². The topological polar surface area (TPSA) is 3.24 Å². The monoisotopic (exact) mass is 191 g/mol. The smallest absolute Gasteiger partial charge is 0.0425 e. The highest BCUT2D eigenvalue weighted by Gasteiger charge is 2.60. The molecule has 1 saturated carbocycles. The van der Waals surface area contributed by atoms with E-state index in [1.807, 2.05) is 0 Å². The maximum absolute atomic E-state index is 2.50. The number of hydrogen-bond acceptors (Lipinski definition) is 1. The van der Waals surface area contributed by atoms with Crippen LogP contribution in [0, 0.1) is 5.41 Å². The molecule has 0 aromatic rings. The maximum atomic E-state index is 2.50. The molecule has 0 aliphatic heterocycles. The number of allylic oxidation sites excluding steroid dienone is 4. The van der Waals surface area contributed by atoms with Crippen molar-refractivity contribution in [2.24, 2.45) is 5.41 Å². The quantitative estimate of drug-likeness (QED) is 0.647. The molecule has 0 aromatic heterocycles. The van der Waals surface area contributed by atoms with Gasteiger partial charge < -0.3 is 4.90 Å². The van der Waals surface area contributed by atoms with Crippen LogP contribution in [0.15, 0.2) is 23.9 Å². The third-order valence-electron chi connectivity index (χ3n) is 4.28. The molecule has 1 heteroatoms. The SMILES string of the molecule is CN(C1=CC=CCC1)C1(C)CC1(C)C. The van der Waals surface area contributed by atoms with Crippen LogP contribution in [0.25, 0.3) is 0 Å². The first-order valence-electron chi connectivity index (χ1n) is 5.57. The van der Waals surface area contributed by atoms with Crippen molar-refractivity contribution in [1.82, 2.24) is 4.90 Å². The summed E-state index contributed by atoms with van der Waals surface area (Å²) in [4.78, 5) is 2.50. The Balaban J connectivity index is 2.13. The Labute approximate surface area is 87.5 Å². The van der Waals surface area contributed by atoms with Gasteiger partial charge in [0, 0.05) is 18.3 Å². The van der Waals surface area contributed by atoms with Gasteiger partial charge in [-0.25, -0.2) is 0 Å². The molecule has 0 bridgehead atoms. The van der Waals surface area contributed by atoms with Crippen molar-refractivity contribution in [2.45, 2.75) is 45.6 Å². The van der Waals surface area contributed by atoms with Crippen molar-refractivity contribution >= 4 is 0 Å². The molecule has 2 aliphatic carbocycles. The van der Waals surface area contributed by atoms with Gasteiger partial charge in [-0.05, 0) is 37.7 Å². The zero-order chi connectivity index (χ0) is 10.4. The molecule has 0 spiro atoms. The molecule has 1 nitrogen and oxygen atoms in total. The minimum atomic E-state index is 0.393. The van der Waals surface area contributed by atoms with E-state index in [4.69, 9.17) is 0 Å². The fourth-order valence-corrected chi connectivity index (χ4v) is 2.58. The minimum absolute atomic E-state index is 0.393. The van der Waals surface area contributed by atoms with Crippen LogP contribution in [-0.2, 0) is 0 Å². The van der Waals surface area contributed by atoms with Crippen molar-refractivity contribution in [3.8, 4) is 0 Å². The van der Waals surface area contributed by atoms with Gasteiger partial charge >= 0.3 is 0 Å². The second-order valence-corrected chi connectivity index (χ2v) is 5.52. The van der Waals surface area contributed by atoms with E-state index in [0.29, 0.717) is 11.0 Å². The Morgan fingerprint density at radius 2 is 1.93 bits per heavy atom. The molecular formula is C13H21N. The summed E-state index contributed by atoms with van der Waals surface area (Å²) in [5.41, 5.74) is 2.38. The van der Waals surface area contributed by atoms with Gasteiger partial charge in [-0.2, -0.15) is 0 Å². The number of hydrogen-bond donors (Lipinski definition) is 0. The van der Waals surface area contributed by atoms with Crippen molar-refractivity contribution in [3.05, 3.63) is 23.9 Å². The Bertz CT molecular complexity index is 298. The van der Waals surface area contributed by atoms with Gasteiger partial charge in [-0.15, -0.1) is 0 Å². The average Bonchev–Trinajstić information content (AvgIpc) is 2.68. The molecule has 0 aromatic carbocycles. The Morgan fingerprint density at radius 3 is 2.36 bits per heavy atom. The van der Waals surface area contributed by atoms with Gasteiger partial charge in [0.05, 0.1) is 0 Å². The van der Waals surface area contributed by atoms with E-state index >= 15 is 0 Å². The van der Waals surface area contributed by atoms with Gasteiger partial charge in [-0.1, -0.05) is 26.0 Å². The van der Waals surface area contributed by atoms with E-state index in [2.05, 4.69) is 50.9 Å². The summed E-state index contributed by atoms with van der Waals surface area (Å²) in [6, 6.07) is 0. The fourth-order valence-electron chi connectivity index (χ4n) is 2.58. The molecule has 78 valence electrons. The van der Waals surface area contributed by atoms with E-state index < -0.39 is 0 Å². The van der Waals surface area contributed by atoms with E-state index in [-0.39, 0.29) is 0 Å². The van der Waals surface area contributed by atoms with Crippen LogP contribution in [0.3, 0.4) is 0 Å². The van der Waals surface area contributed by atoms with Crippen molar-refractivity contribution in [3.63, 3.8) is 0 Å². The van der Waals surface area contributed by atoms with Gasteiger partial charge in [0.15, 0.2) is 0 Å². The normalized spacial score (nSPS) is 33.9. The van der Waals surface area contributed by atoms with E-state index in [9.17, 15) is 0 Å². The lowest BCUT2D eigenvalue weighted by molar-refractivity contribution is 0.242. The predicted molar refractivity (Wildman–Crippen MR) is 61.0 cm³/mol. The lowest BCUT2D eigenvalue weighted by Gasteiger charge is -2.33. The van der Waals surface area contributed by atoms with E-state index in [0.717, 1.165) is 0 Å². The number of nitrogens with zero attached hydrogens (tertiary/aromatic N) is 1. The van der Waals surface area contributed by atoms with Crippen LogP contribution >= 0.6 is 0 Å². The molecule has 0 N–H and O–H groups in total. The highest BCUT2D eigenvalue weighted by atomic mass is 15.2. The molecule has 1 fully saturated rings. The zero-order valence-electron chi connectivity index (χ0n) is 9.80. The van der Waals surface area contributed by atoms with Crippen molar-refractivity contribution < 1.29 is 0 Å². The highest BCUT2D eigenvalue weighted by molar-refractivity contribution is 5.24. The van der Waals surface area contributed by atoms with Crippen LogP contribution in [0.1, 0.15) is 40.0 Å². The molecule has 0 saturated heterocycles. The lowest BCUT2D eigenvalue weighted by Crippen LogP contribution is -2.34. The van der Waals surface area contributed by atoms with Gasteiger partial charge in [-0.3, -0.25) is 0 Å². The molecule has 2 aliphatic rings. The van der Waals surface area contributed by atoms with E-state index in [1.54, 1.807) is 0 Å². The lowest BCUT2D eigenvalue weighted by atomic mass is 10.0. The first kappa shape index (κ1) is 9.82. The first-order valence-corrected chi connectivity index (χ1v) is 5.57. The summed E-state index contributed by atoms with van der Waals surface area (Å²) in [5.74, 6) is 0. The molecule has 1 atom stereocenters. The van der Waals surface area contributed by atoms with Crippen LogP contribution in [-0.4, -0.2) is 17.5 Å². The molecule has 0 amide bonds. The zero-order valence-corrected chi connectivity index (χ0v) is 9.80. The second-order valence-electron chi connectivity index (χ2n) is 5.52. The average molecular weight is 191 g/mol. The summed E-state index contributed by atoms with van der Waals surface area (Å²) >= 11 is 0. The third kappa shape index (κ3) is 1.30. The van der Waals surface area contributed by atoms with Crippen LogP contribution < -0.4 is 0 Å². The maximum Gasteiger partial charge on any atom is 0.0425 e. The Hall–Kier alpha value is -0.720. The largest absolute Gasteiger partial charge is 0.372 e. The first-order chi connectivity index (χ1) is 6.47. The van der Waals surface area contributed by atoms with Crippen molar-refractivity contribution in [2.75, 3.05) is 7.05 Å². The molecular weight excluding hydrogens is 170 g/mol. The Kier molecular flexibility index (Phi) is 2.02. The van der Waals surface area contributed by atoms with Crippen LogP contribution in [0.5, 0.6) is 0 Å². The van der Waals surface area contributed by atoms with E-state index in [1.165, 1.54) is 25.0 Å². The predicted octanol–water partition coefficient (Wildman–Crippen LogP) is 3.34. The molecule has 1 unspecified atom stereocenters. The Morgan fingerprint density at radius 1 is 1.29 bits per heavy atom. The van der Waals surface area contributed by atoms with Gasteiger partial charge in [0.2, 0.25) is 0 Å². The standard InChI is InChI=1S/C13H21N/c1-12(2)10-13(12,3)14(4)11-8-6-5-7-9-11/h5-6,8H,7,9-10H2,1-4H3. The summed E-state index contributed by atoms with van der Waals surface area (Å²) in [6.07, 6.45) is 10.4. The summed E-state index contributed by atoms with van der Waals surface area (Å²) < 4.78 is 0.